The lowest BCUT2D eigenvalue weighted by Gasteiger charge is -2.23. The molecule has 1 aromatic rings. The van der Waals surface area contributed by atoms with Crippen molar-refractivity contribution in [1.82, 2.24) is 0 Å². The first-order chi connectivity index (χ1) is 6.38. The maximum Gasteiger partial charge on any atom is 0.183 e. The van der Waals surface area contributed by atoms with Crippen LogP contribution in [0.5, 0.6) is 0 Å². The van der Waals surface area contributed by atoms with Crippen molar-refractivity contribution in [1.29, 1.82) is 0 Å². The van der Waals surface area contributed by atoms with Gasteiger partial charge in [0.05, 0.1) is 0 Å². The van der Waals surface area contributed by atoms with Gasteiger partial charge in [-0.2, -0.15) is 0 Å². The molecule has 0 atom stereocenters. The summed E-state index contributed by atoms with van der Waals surface area (Å²) in [4.78, 5) is 0. The van der Waals surface area contributed by atoms with Crippen LogP contribution >= 0.6 is 11.6 Å². The van der Waals surface area contributed by atoms with Crippen LogP contribution in [0.25, 0.3) is 0 Å². The van der Waals surface area contributed by atoms with Gasteiger partial charge in [0, 0.05) is 23.6 Å². The van der Waals surface area contributed by atoms with Gasteiger partial charge >= 0.3 is 0 Å². The lowest BCUT2D eigenvalue weighted by Crippen LogP contribution is -2.24. The van der Waals surface area contributed by atoms with E-state index in [2.05, 4.69) is 0 Å². The Hall–Kier alpha value is -0.505. The third kappa shape index (κ3) is 2.05. The molecule has 0 aliphatic carbocycles. The fraction of sp³-hybridized carbons (Fsp3) is 0.333. The average molecular weight is 195 g/mol. The number of rotatable bonds is 1. The van der Waals surface area contributed by atoms with Gasteiger partial charge in [-0.1, -0.05) is 29.8 Å². The van der Waals surface area contributed by atoms with Crippen LogP contribution in [-0.2, 0) is 9.47 Å². The topological polar surface area (TPSA) is 18.5 Å². The SMILES string of the molecule is Clc1ccccc1C1OC[B]CO1. The number of hydrogen-bond donors (Lipinski definition) is 0. The molecule has 1 saturated heterocycles. The van der Waals surface area contributed by atoms with Crippen molar-refractivity contribution >= 4 is 18.9 Å². The molecule has 13 heavy (non-hydrogen) atoms. The number of hydrogen-bond acceptors (Lipinski definition) is 2. The lowest BCUT2D eigenvalue weighted by atomic mass is 9.81. The summed E-state index contributed by atoms with van der Waals surface area (Å²) in [5.41, 5.74) is 0.900. The Bertz CT molecular complexity index is 287. The standard InChI is InChI=1S/C9H9BClO2/c11-8-4-2-1-3-7(8)9-12-5-10-6-13-9/h1-4,9H,5-6H2. The third-order valence-electron chi connectivity index (χ3n) is 1.89. The van der Waals surface area contributed by atoms with E-state index in [0.29, 0.717) is 18.0 Å². The Balaban J connectivity index is 2.18. The van der Waals surface area contributed by atoms with Crippen molar-refractivity contribution in [2.24, 2.45) is 0 Å². The molecule has 0 amide bonds. The van der Waals surface area contributed by atoms with Crippen molar-refractivity contribution in [3.8, 4) is 0 Å². The minimum Gasteiger partial charge on any atom is -0.357 e. The zero-order valence-electron chi connectivity index (χ0n) is 7.07. The molecule has 1 aliphatic heterocycles. The summed E-state index contributed by atoms with van der Waals surface area (Å²) < 4.78 is 10.8. The molecule has 1 aliphatic rings. The highest BCUT2D eigenvalue weighted by Crippen LogP contribution is 2.27. The van der Waals surface area contributed by atoms with E-state index < -0.39 is 0 Å². The Morgan fingerprint density at radius 3 is 2.62 bits per heavy atom. The Morgan fingerprint density at radius 1 is 1.23 bits per heavy atom. The maximum absolute atomic E-state index is 5.99. The molecule has 1 fully saturated rings. The van der Waals surface area contributed by atoms with E-state index in [-0.39, 0.29) is 6.29 Å². The van der Waals surface area contributed by atoms with Crippen LogP contribution in [0.2, 0.25) is 5.02 Å². The fourth-order valence-electron chi connectivity index (χ4n) is 1.25. The van der Waals surface area contributed by atoms with Gasteiger partial charge in [-0.15, -0.1) is 0 Å². The monoisotopic (exact) mass is 195 g/mol. The van der Waals surface area contributed by atoms with Crippen LogP contribution in [0, 0.1) is 0 Å². The van der Waals surface area contributed by atoms with Crippen molar-refractivity contribution in [2.45, 2.75) is 6.29 Å². The number of ether oxygens (including phenoxy) is 2. The van der Waals surface area contributed by atoms with Crippen molar-refractivity contribution in [3.63, 3.8) is 0 Å². The van der Waals surface area contributed by atoms with Gasteiger partial charge < -0.3 is 9.47 Å². The summed E-state index contributed by atoms with van der Waals surface area (Å²) in [5, 5.41) is 0.689. The first-order valence-corrected chi connectivity index (χ1v) is 4.55. The molecule has 0 bridgehead atoms. The summed E-state index contributed by atoms with van der Waals surface area (Å²) in [6.07, 6.45) is -0.307. The van der Waals surface area contributed by atoms with Crippen LogP contribution in [-0.4, -0.2) is 20.3 Å². The molecular formula is C9H9BClO2. The Labute approximate surface area is 83.0 Å². The lowest BCUT2D eigenvalue weighted by molar-refractivity contribution is -0.136. The van der Waals surface area contributed by atoms with Crippen molar-refractivity contribution in [2.75, 3.05) is 13.0 Å². The molecule has 1 heterocycles. The van der Waals surface area contributed by atoms with Crippen LogP contribution in [0.4, 0.5) is 0 Å². The van der Waals surface area contributed by atoms with Gasteiger partial charge in [0.15, 0.2) is 13.6 Å². The van der Waals surface area contributed by atoms with E-state index >= 15 is 0 Å². The average Bonchev–Trinajstić information content (AvgIpc) is 2.20. The second-order valence-corrected chi connectivity index (χ2v) is 3.22. The molecule has 0 saturated carbocycles. The molecular weight excluding hydrogens is 186 g/mol. The predicted molar refractivity (Wildman–Crippen MR) is 51.9 cm³/mol. The molecule has 2 rings (SSSR count). The second-order valence-electron chi connectivity index (χ2n) is 2.81. The third-order valence-corrected chi connectivity index (χ3v) is 2.23. The van der Waals surface area contributed by atoms with Crippen molar-refractivity contribution < 1.29 is 9.47 Å². The quantitative estimate of drug-likeness (QED) is 0.638. The largest absolute Gasteiger partial charge is 0.357 e. The summed E-state index contributed by atoms with van der Waals surface area (Å²) in [7, 11) is 1.94. The van der Waals surface area contributed by atoms with E-state index in [0.717, 1.165) is 5.56 Å². The normalized spacial score (nSPS) is 18.2. The predicted octanol–water partition coefficient (Wildman–Crippen LogP) is 2.00. The van der Waals surface area contributed by atoms with Gasteiger partial charge in [0.2, 0.25) is 0 Å². The highest BCUT2D eigenvalue weighted by atomic mass is 35.5. The van der Waals surface area contributed by atoms with Crippen LogP contribution < -0.4 is 0 Å². The number of halogens is 1. The van der Waals surface area contributed by atoms with Crippen LogP contribution in [0.3, 0.4) is 0 Å². The van der Waals surface area contributed by atoms with E-state index in [1.54, 1.807) is 0 Å². The summed E-state index contributed by atoms with van der Waals surface area (Å²) in [5.74, 6) is 0. The van der Waals surface area contributed by atoms with Gasteiger partial charge in [-0.25, -0.2) is 0 Å². The summed E-state index contributed by atoms with van der Waals surface area (Å²) >= 11 is 5.99. The second kappa shape index (κ2) is 4.14. The van der Waals surface area contributed by atoms with Gasteiger partial charge in [-0.3, -0.25) is 0 Å². The Morgan fingerprint density at radius 2 is 1.92 bits per heavy atom. The maximum atomic E-state index is 5.99. The van der Waals surface area contributed by atoms with Crippen molar-refractivity contribution in [3.05, 3.63) is 34.9 Å². The molecule has 0 N–H and O–H groups in total. The Kier molecular flexibility index (Phi) is 2.88. The zero-order chi connectivity index (χ0) is 9.10. The molecule has 67 valence electrons. The highest BCUT2D eigenvalue weighted by Gasteiger charge is 2.18. The molecule has 0 unspecified atom stereocenters. The van der Waals surface area contributed by atoms with E-state index in [4.69, 9.17) is 21.1 Å². The minimum atomic E-state index is -0.307. The molecule has 0 spiro atoms. The summed E-state index contributed by atoms with van der Waals surface area (Å²) in [6, 6.07) is 7.56. The zero-order valence-corrected chi connectivity index (χ0v) is 7.83. The fourth-order valence-corrected chi connectivity index (χ4v) is 1.48. The molecule has 0 aromatic heterocycles. The molecule has 1 aromatic carbocycles. The van der Waals surface area contributed by atoms with Crippen LogP contribution in [0.15, 0.2) is 24.3 Å². The molecule has 1 radical (unpaired) electrons. The van der Waals surface area contributed by atoms with E-state index in [9.17, 15) is 0 Å². The van der Waals surface area contributed by atoms with Crippen LogP contribution in [0.1, 0.15) is 11.9 Å². The first-order valence-electron chi connectivity index (χ1n) is 4.17. The highest BCUT2D eigenvalue weighted by molar-refractivity contribution is 6.35. The van der Waals surface area contributed by atoms with E-state index in [1.807, 2.05) is 31.5 Å². The smallest absolute Gasteiger partial charge is 0.183 e. The minimum absolute atomic E-state index is 0.307. The first kappa shape index (κ1) is 9.07. The van der Waals surface area contributed by atoms with Gasteiger partial charge in [0.25, 0.3) is 0 Å². The molecule has 4 heteroatoms. The van der Waals surface area contributed by atoms with Gasteiger partial charge in [-0.05, 0) is 6.07 Å². The summed E-state index contributed by atoms with van der Waals surface area (Å²) in [6.45, 7) is 1.24. The molecule has 2 nitrogen and oxygen atoms in total. The van der Waals surface area contributed by atoms with Gasteiger partial charge in [0.1, 0.15) is 0 Å². The number of benzene rings is 1. The van der Waals surface area contributed by atoms with E-state index in [1.165, 1.54) is 0 Å².